The van der Waals surface area contributed by atoms with E-state index in [-0.39, 0.29) is 0 Å². The van der Waals surface area contributed by atoms with Crippen LogP contribution in [0.4, 0.5) is 0 Å². The third kappa shape index (κ3) is 4.06. The van der Waals surface area contributed by atoms with Crippen molar-refractivity contribution in [3.8, 4) is 0 Å². The lowest BCUT2D eigenvalue weighted by atomic mass is 9.83. The number of rotatable bonds is 3. The minimum atomic E-state index is 0.724. The summed E-state index contributed by atoms with van der Waals surface area (Å²) >= 11 is 0. The summed E-state index contributed by atoms with van der Waals surface area (Å²) in [6, 6.07) is 0.724. The number of ether oxygens (including phenoxy) is 1. The Morgan fingerprint density at radius 2 is 1.81 bits per heavy atom. The Labute approximate surface area is 100 Å². The first-order valence-electron chi connectivity index (χ1n) is 7.15. The van der Waals surface area contributed by atoms with Crippen LogP contribution in [0.2, 0.25) is 0 Å². The van der Waals surface area contributed by atoms with E-state index in [0.29, 0.717) is 0 Å². The monoisotopic (exact) mass is 225 g/mol. The van der Waals surface area contributed by atoms with Gasteiger partial charge in [-0.2, -0.15) is 0 Å². The van der Waals surface area contributed by atoms with Crippen LogP contribution in [0, 0.1) is 11.8 Å². The van der Waals surface area contributed by atoms with Crippen molar-refractivity contribution in [1.29, 1.82) is 0 Å². The van der Waals surface area contributed by atoms with Gasteiger partial charge in [-0.25, -0.2) is 0 Å². The fraction of sp³-hybridized carbons (Fsp3) is 1.00. The lowest BCUT2D eigenvalue weighted by molar-refractivity contribution is 0.142. The lowest BCUT2D eigenvalue weighted by Crippen LogP contribution is -2.34. The minimum Gasteiger partial charge on any atom is -0.381 e. The number of nitrogens with one attached hydrogen (secondary N) is 1. The smallest absolute Gasteiger partial charge is 0.0480 e. The highest BCUT2D eigenvalue weighted by Crippen LogP contribution is 2.27. The van der Waals surface area contributed by atoms with Gasteiger partial charge in [-0.05, 0) is 50.5 Å². The molecule has 0 bridgehead atoms. The molecule has 1 unspecified atom stereocenters. The van der Waals surface area contributed by atoms with E-state index in [9.17, 15) is 0 Å². The van der Waals surface area contributed by atoms with E-state index in [1.54, 1.807) is 0 Å². The van der Waals surface area contributed by atoms with Gasteiger partial charge >= 0.3 is 0 Å². The quantitative estimate of drug-likeness (QED) is 0.797. The molecule has 2 nitrogen and oxygen atoms in total. The topological polar surface area (TPSA) is 21.3 Å². The molecule has 1 saturated carbocycles. The average Bonchev–Trinajstić information content (AvgIpc) is 2.57. The molecule has 0 spiro atoms. The van der Waals surface area contributed by atoms with Gasteiger partial charge in [0.2, 0.25) is 0 Å². The van der Waals surface area contributed by atoms with Crippen LogP contribution in [0.25, 0.3) is 0 Å². The minimum absolute atomic E-state index is 0.724. The lowest BCUT2D eigenvalue weighted by Gasteiger charge is -2.28. The normalized spacial score (nSPS) is 36.9. The second-order valence-electron chi connectivity index (χ2n) is 5.77. The van der Waals surface area contributed by atoms with Gasteiger partial charge in [0.05, 0.1) is 0 Å². The summed E-state index contributed by atoms with van der Waals surface area (Å²) in [5.41, 5.74) is 0. The first-order valence-corrected chi connectivity index (χ1v) is 7.15. The zero-order valence-electron chi connectivity index (χ0n) is 10.7. The summed E-state index contributed by atoms with van der Waals surface area (Å²) in [6.45, 7) is 5.57. The summed E-state index contributed by atoms with van der Waals surface area (Å²) < 4.78 is 5.49. The van der Waals surface area contributed by atoms with Gasteiger partial charge in [0, 0.05) is 19.3 Å². The van der Waals surface area contributed by atoms with Gasteiger partial charge in [0.15, 0.2) is 0 Å². The van der Waals surface area contributed by atoms with Crippen LogP contribution in [0.5, 0.6) is 0 Å². The van der Waals surface area contributed by atoms with Crippen molar-refractivity contribution in [2.45, 2.75) is 57.9 Å². The second-order valence-corrected chi connectivity index (χ2v) is 5.77. The highest BCUT2D eigenvalue weighted by atomic mass is 16.5. The van der Waals surface area contributed by atoms with E-state index >= 15 is 0 Å². The average molecular weight is 225 g/mol. The first kappa shape index (κ1) is 12.4. The highest BCUT2D eigenvalue weighted by Gasteiger charge is 2.19. The predicted octanol–water partition coefficient (Wildman–Crippen LogP) is 2.97. The van der Waals surface area contributed by atoms with Crippen LogP contribution in [-0.4, -0.2) is 25.8 Å². The molecule has 1 aliphatic carbocycles. The molecule has 2 rings (SSSR count). The van der Waals surface area contributed by atoms with Gasteiger partial charge in [0.1, 0.15) is 0 Å². The van der Waals surface area contributed by atoms with E-state index in [4.69, 9.17) is 4.74 Å². The molecule has 2 heteroatoms. The van der Waals surface area contributed by atoms with E-state index in [0.717, 1.165) is 31.1 Å². The van der Waals surface area contributed by atoms with E-state index in [1.807, 2.05) is 0 Å². The van der Waals surface area contributed by atoms with Crippen LogP contribution >= 0.6 is 0 Å². The molecule has 0 aromatic carbocycles. The number of hydrogen-bond donors (Lipinski definition) is 1. The van der Waals surface area contributed by atoms with Gasteiger partial charge < -0.3 is 10.1 Å². The maximum atomic E-state index is 5.49. The molecule has 16 heavy (non-hydrogen) atoms. The first-order chi connectivity index (χ1) is 7.84. The SMILES string of the molecule is CC1CCC(CNC2CCCOCC2)CC1. The van der Waals surface area contributed by atoms with Crippen LogP contribution in [0.3, 0.4) is 0 Å². The predicted molar refractivity (Wildman–Crippen MR) is 67.6 cm³/mol. The zero-order chi connectivity index (χ0) is 11.2. The van der Waals surface area contributed by atoms with Crippen molar-refractivity contribution < 1.29 is 4.74 Å². The molecule has 0 aromatic rings. The molecule has 0 aromatic heterocycles. The molecular formula is C14H27NO. The van der Waals surface area contributed by atoms with Crippen LogP contribution in [0.1, 0.15) is 51.9 Å². The zero-order valence-corrected chi connectivity index (χ0v) is 10.7. The van der Waals surface area contributed by atoms with Crippen LogP contribution < -0.4 is 5.32 Å². The summed E-state index contributed by atoms with van der Waals surface area (Å²) in [6.07, 6.45) is 9.53. The van der Waals surface area contributed by atoms with Crippen molar-refractivity contribution in [3.63, 3.8) is 0 Å². The molecule has 1 atom stereocenters. The molecule has 0 radical (unpaired) electrons. The molecule has 1 saturated heterocycles. The van der Waals surface area contributed by atoms with Gasteiger partial charge in [0.25, 0.3) is 0 Å². The fourth-order valence-corrected chi connectivity index (χ4v) is 2.97. The van der Waals surface area contributed by atoms with Gasteiger partial charge in [-0.1, -0.05) is 19.8 Å². The van der Waals surface area contributed by atoms with E-state index < -0.39 is 0 Å². The van der Waals surface area contributed by atoms with Crippen LogP contribution in [0.15, 0.2) is 0 Å². The molecule has 0 amide bonds. The Morgan fingerprint density at radius 1 is 1.00 bits per heavy atom. The Morgan fingerprint density at radius 3 is 2.62 bits per heavy atom. The van der Waals surface area contributed by atoms with Crippen molar-refractivity contribution in [1.82, 2.24) is 5.32 Å². The third-order valence-corrected chi connectivity index (χ3v) is 4.28. The van der Waals surface area contributed by atoms with Gasteiger partial charge in [-0.15, -0.1) is 0 Å². The maximum absolute atomic E-state index is 5.49. The third-order valence-electron chi connectivity index (χ3n) is 4.28. The fourth-order valence-electron chi connectivity index (χ4n) is 2.97. The van der Waals surface area contributed by atoms with Crippen molar-refractivity contribution in [2.75, 3.05) is 19.8 Å². The standard InChI is InChI=1S/C14H27NO/c1-12-4-6-13(7-5-12)11-15-14-3-2-9-16-10-8-14/h12-15H,2-11H2,1H3. The van der Waals surface area contributed by atoms with Crippen LogP contribution in [-0.2, 0) is 4.74 Å². The van der Waals surface area contributed by atoms with Gasteiger partial charge in [-0.3, -0.25) is 0 Å². The second kappa shape index (κ2) is 6.61. The Hall–Kier alpha value is -0.0800. The maximum Gasteiger partial charge on any atom is 0.0480 e. The Bertz CT molecular complexity index is 179. The Balaban J connectivity index is 1.62. The van der Waals surface area contributed by atoms with Crippen molar-refractivity contribution >= 4 is 0 Å². The van der Waals surface area contributed by atoms with Crippen molar-refractivity contribution in [3.05, 3.63) is 0 Å². The molecule has 94 valence electrons. The van der Waals surface area contributed by atoms with E-state index in [1.165, 1.54) is 51.5 Å². The molecule has 1 heterocycles. The highest BCUT2D eigenvalue weighted by molar-refractivity contribution is 4.75. The molecule has 2 fully saturated rings. The van der Waals surface area contributed by atoms with E-state index in [2.05, 4.69) is 12.2 Å². The summed E-state index contributed by atoms with van der Waals surface area (Å²) in [5.74, 6) is 1.92. The molecule has 1 aliphatic heterocycles. The number of hydrogen-bond acceptors (Lipinski definition) is 2. The Kier molecular flexibility index (Phi) is 5.11. The molecule has 1 N–H and O–H groups in total. The molecule has 2 aliphatic rings. The summed E-state index contributed by atoms with van der Waals surface area (Å²) in [5, 5.41) is 3.77. The van der Waals surface area contributed by atoms with Crippen molar-refractivity contribution in [2.24, 2.45) is 11.8 Å². The molecular weight excluding hydrogens is 198 g/mol. The largest absolute Gasteiger partial charge is 0.381 e. The summed E-state index contributed by atoms with van der Waals surface area (Å²) in [7, 11) is 0. The summed E-state index contributed by atoms with van der Waals surface area (Å²) in [4.78, 5) is 0.